The zero-order chi connectivity index (χ0) is 5.45. The van der Waals surface area contributed by atoms with Crippen LogP contribution >= 0.6 is 48.5 Å². The molecule has 0 N–H and O–H groups in total. The number of halogens is 5. The molecule has 0 aliphatic heterocycles. The predicted octanol–water partition coefficient (Wildman–Crippen LogP) is 3.44. The molecule has 0 aromatic rings. The molecule has 6 heavy (non-hydrogen) atoms. The van der Waals surface area contributed by atoms with E-state index in [2.05, 4.69) is 0 Å². The van der Waals surface area contributed by atoms with E-state index in [1.807, 2.05) is 0 Å². The summed E-state index contributed by atoms with van der Waals surface area (Å²) in [5.41, 5.74) is 0. The van der Waals surface area contributed by atoms with Gasteiger partial charge in [-0.2, -0.15) is 0 Å². The molecule has 0 rings (SSSR count). The quantitative estimate of drug-likeness (QED) is 0.595. The summed E-state index contributed by atoms with van der Waals surface area (Å²) in [6.07, 6.45) is 0. The van der Waals surface area contributed by atoms with E-state index in [9.17, 15) is 0 Å². The van der Waals surface area contributed by atoms with E-state index in [1.165, 1.54) is 0 Å². The van der Waals surface area contributed by atoms with Gasteiger partial charge in [0.2, 0.25) is 0 Å². The van der Waals surface area contributed by atoms with E-state index in [0.717, 1.165) is 0 Å². The van der Waals surface area contributed by atoms with Crippen LogP contribution in [0.1, 0.15) is 0 Å². The zero-order valence-electron chi connectivity index (χ0n) is 2.24. The Morgan fingerprint density at radius 2 is 0.667 bits per heavy atom. The van der Waals surface area contributed by atoms with Gasteiger partial charge in [-0.15, -0.1) is 0 Å². The average Bonchev–Trinajstić information content (AvgIpc) is 0.650. The third-order valence-electron chi connectivity index (χ3n) is 0. The Kier molecular flexibility index (Phi) is 2.41. The molecule has 0 spiro atoms. The molecule has 0 unspecified atom stereocenters. The van der Waals surface area contributed by atoms with Crippen molar-refractivity contribution in [1.29, 1.82) is 0 Å². The van der Waals surface area contributed by atoms with Crippen molar-refractivity contribution in [2.45, 2.75) is 0 Å². The van der Waals surface area contributed by atoms with Crippen LogP contribution in [-0.4, -0.2) is 0 Å². The first-order chi connectivity index (χ1) is 2.24. The molecule has 44 valence electrons. The Hall–Kier alpha value is 2.07. The van der Waals surface area contributed by atoms with Gasteiger partial charge in [-0.05, 0) is 0 Å². The van der Waals surface area contributed by atoms with Crippen LogP contribution in [0.3, 0.4) is 0 Å². The maximum absolute atomic E-state index is 5.02. The molecule has 0 amide bonds. The van der Waals surface area contributed by atoms with Crippen LogP contribution in [0.15, 0.2) is 0 Å². The fourth-order valence-corrected chi connectivity index (χ4v) is 0. The molecule has 0 aromatic carbocycles. The van der Waals surface area contributed by atoms with Crippen LogP contribution in [0.25, 0.3) is 0 Å². The first-order valence-electron chi connectivity index (χ1n) is 0.668. The van der Waals surface area contributed by atoms with Gasteiger partial charge >= 0.3 is 57.1 Å². The van der Waals surface area contributed by atoms with E-state index in [4.69, 9.17) is 48.5 Å². The van der Waals surface area contributed by atoms with Gasteiger partial charge in [0.25, 0.3) is 0 Å². The van der Waals surface area contributed by atoms with Gasteiger partial charge in [-0.1, -0.05) is 0 Å². The molecule has 0 aliphatic carbocycles. The molecule has 0 saturated heterocycles. The van der Waals surface area contributed by atoms with Crippen LogP contribution in [-0.2, 0) is 8.65 Å². The topological polar surface area (TPSA) is 0 Å². The second kappa shape index (κ2) is 1.79. The summed E-state index contributed by atoms with van der Waals surface area (Å²) in [7, 11) is 21.0. The SMILES string of the molecule is [Cl][Ru-]([Cl])([Cl])([Cl])[Cl]. The van der Waals surface area contributed by atoms with Crippen molar-refractivity contribution < 1.29 is 8.65 Å². The van der Waals surface area contributed by atoms with Gasteiger partial charge in [0.05, 0.1) is 0 Å². The van der Waals surface area contributed by atoms with Crippen LogP contribution < -0.4 is 0 Å². The van der Waals surface area contributed by atoms with Crippen LogP contribution in [0, 0.1) is 0 Å². The van der Waals surface area contributed by atoms with Crippen molar-refractivity contribution in [3.8, 4) is 0 Å². The molecular formula is Cl5Ru-. The summed E-state index contributed by atoms with van der Waals surface area (Å²) in [5, 5.41) is 0. The van der Waals surface area contributed by atoms with Crippen molar-refractivity contribution in [2.75, 3.05) is 0 Å². The van der Waals surface area contributed by atoms with Crippen molar-refractivity contribution in [3.63, 3.8) is 0 Å². The van der Waals surface area contributed by atoms with Gasteiger partial charge in [-0.3, -0.25) is 0 Å². The third-order valence-corrected chi connectivity index (χ3v) is 0. The molecule has 0 aliphatic rings. The number of hydrogen-bond donors (Lipinski definition) is 0. The second-order valence-corrected chi connectivity index (χ2v) is 26.9. The minimum absolute atomic E-state index is 4.11. The molecule has 0 bridgehead atoms. The standard InChI is InChI=1S/5ClH.Ru/h5*1H;/q;;;;;+4/p-5. The summed E-state index contributed by atoms with van der Waals surface area (Å²) >= 11 is 0. The van der Waals surface area contributed by atoms with Gasteiger partial charge < -0.3 is 0 Å². The Balaban J connectivity index is 3.73. The fourth-order valence-electron chi connectivity index (χ4n) is 0. The Bertz CT molecular complexity index is 37.1. The van der Waals surface area contributed by atoms with Gasteiger partial charge in [0.15, 0.2) is 0 Å². The Morgan fingerprint density at radius 1 is 0.667 bits per heavy atom. The summed E-state index contributed by atoms with van der Waals surface area (Å²) in [6, 6.07) is 0. The molecule has 0 aromatic heterocycles. The molecule has 0 radical (unpaired) electrons. The van der Waals surface area contributed by atoms with Gasteiger partial charge in [0, 0.05) is 0 Å². The zero-order valence-corrected chi connectivity index (χ0v) is 7.76. The van der Waals surface area contributed by atoms with Crippen molar-refractivity contribution in [2.24, 2.45) is 0 Å². The van der Waals surface area contributed by atoms with E-state index in [1.54, 1.807) is 0 Å². The predicted molar refractivity (Wildman–Crippen MR) is 29.3 cm³/mol. The van der Waals surface area contributed by atoms with Gasteiger partial charge in [-0.25, -0.2) is 0 Å². The Morgan fingerprint density at radius 3 is 0.667 bits per heavy atom. The van der Waals surface area contributed by atoms with Crippen molar-refractivity contribution in [1.82, 2.24) is 0 Å². The molecule has 0 nitrogen and oxygen atoms in total. The minimum atomic E-state index is -4.11. The number of rotatable bonds is 0. The normalized spacial score (nSPS) is 19.2. The maximum atomic E-state index is 5.02. The third kappa shape index (κ3) is 36.4. The number of hydrogen-bond acceptors (Lipinski definition) is 0. The molecule has 0 saturated carbocycles. The summed E-state index contributed by atoms with van der Waals surface area (Å²) in [4.78, 5) is 0. The van der Waals surface area contributed by atoms with E-state index in [0.29, 0.717) is 0 Å². The second-order valence-electron chi connectivity index (χ2n) is 0.505. The molecule has 0 heterocycles. The monoisotopic (exact) mass is 277 g/mol. The Labute approximate surface area is 56.6 Å². The average molecular weight is 278 g/mol. The van der Waals surface area contributed by atoms with E-state index >= 15 is 0 Å². The van der Waals surface area contributed by atoms with Crippen LogP contribution in [0.2, 0.25) is 0 Å². The van der Waals surface area contributed by atoms with Crippen LogP contribution in [0.5, 0.6) is 0 Å². The van der Waals surface area contributed by atoms with Crippen LogP contribution in [0.4, 0.5) is 0 Å². The first kappa shape index (κ1) is 8.07. The van der Waals surface area contributed by atoms with E-state index in [-0.39, 0.29) is 0 Å². The fraction of sp³-hybridized carbons (Fsp3) is 0. The summed E-state index contributed by atoms with van der Waals surface area (Å²) < 4.78 is 0. The molecule has 0 atom stereocenters. The van der Waals surface area contributed by atoms with Crippen molar-refractivity contribution >= 4 is 48.5 Å². The molecular weight excluding hydrogens is 278 g/mol. The molecule has 6 heteroatoms. The molecule has 0 fully saturated rings. The van der Waals surface area contributed by atoms with Crippen molar-refractivity contribution in [3.05, 3.63) is 0 Å². The first-order valence-corrected chi connectivity index (χ1v) is 11.9. The summed E-state index contributed by atoms with van der Waals surface area (Å²) in [5.74, 6) is 0. The van der Waals surface area contributed by atoms with E-state index < -0.39 is 8.65 Å². The van der Waals surface area contributed by atoms with Gasteiger partial charge in [0.1, 0.15) is 0 Å². The summed E-state index contributed by atoms with van der Waals surface area (Å²) in [6.45, 7) is 0.